The Bertz CT molecular complexity index is 567. The lowest BCUT2D eigenvalue weighted by molar-refractivity contribution is -0.384. The Hall–Kier alpha value is -2.28. The highest BCUT2D eigenvalue weighted by Gasteiger charge is 2.15. The largest absolute Gasteiger partial charge is 0.311 e. The zero-order valence-electron chi connectivity index (χ0n) is 10.6. The van der Waals surface area contributed by atoms with Gasteiger partial charge in [0, 0.05) is 12.6 Å². The molecule has 0 saturated heterocycles. The van der Waals surface area contributed by atoms with Crippen molar-refractivity contribution in [1.82, 2.24) is 20.3 Å². The molecule has 0 aliphatic carbocycles. The maximum atomic E-state index is 10.9. The standard InChI is InChI=1S/C12H15N5O2/c1-2-7-13-8-10-9-16(15-14-10)11-5-3-4-6-12(11)17(18)19/h3-6,9,13H,2,7-8H2,1H3. The molecular formula is C12H15N5O2. The molecule has 2 aromatic rings. The van der Waals surface area contributed by atoms with Gasteiger partial charge in [0.25, 0.3) is 5.69 Å². The molecule has 100 valence electrons. The SMILES string of the molecule is CCCNCc1cn(-c2ccccc2[N+](=O)[O-])nn1. The molecule has 0 spiro atoms. The number of nitro groups is 1. The Morgan fingerprint density at radius 3 is 2.95 bits per heavy atom. The lowest BCUT2D eigenvalue weighted by Crippen LogP contribution is -2.13. The quantitative estimate of drug-likeness (QED) is 0.485. The third-order valence-electron chi connectivity index (χ3n) is 2.60. The molecule has 19 heavy (non-hydrogen) atoms. The van der Waals surface area contributed by atoms with Gasteiger partial charge in [0.05, 0.1) is 16.8 Å². The lowest BCUT2D eigenvalue weighted by atomic mass is 10.3. The summed E-state index contributed by atoms with van der Waals surface area (Å²) in [5.74, 6) is 0. The summed E-state index contributed by atoms with van der Waals surface area (Å²) >= 11 is 0. The van der Waals surface area contributed by atoms with E-state index < -0.39 is 4.92 Å². The zero-order chi connectivity index (χ0) is 13.7. The van der Waals surface area contributed by atoms with E-state index in [9.17, 15) is 10.1 Å². The molecular weight excluding hydrogens is 246 g/mol. The fraction of sp³-hybridized carbons (Fsp3) is 0.333. The summed E-state index contributed by atoms with van der Waals surface area (Å²) in [6, 6.07) is 6.46. The molecule has 1 aromatic carbocycles. The first-order chi connectivity index (χ1) is 9.22. The van der Waals surface area contributed by atoms with E-state index in [2.05, 4.69) is 22.6 Å². The number of para-hydroxylation sites is 2. The lowest BCUT2D eigenvalue weighted by Gasteiger charge is -2.00. The van der Waals surface area contributed by atoms with Gasteiger partial charge in [-0.15, -0.1) is 5.10 Å². The van der Waals surface area contributed by atoms with Crippen molar-refractivity contribution < 1.29 is 4.92 Å². The van der Waals surface area contributed by atoms with E-state index in [0.29, 0.717) is 12.2 Å². The minimum absolute atomic E-state index is 0.0143. The van der Waals surface area contributed by atoms with E-state index in [1.54, 1.807) is 24.4 Å². The third kappa shape index (κ3) is 3.14. The fourth-order valence-corrected chi connectivity index (χ4v) is 1.70. The van der Waals surface area contributed by atoms with Crippen LogP contribution in [0.3, 0.4) is 0 Å². The van der Waals surface area contributed by atoms with Crippen molar-refractivity contribution in [2.24, 2.45) is 0 Å². The molecule has 1 N–H and O–H groups in total. The summed E-state index contributed by atoms with van der Waals surface area (Å²) in [7, 11) is 0. The average Bonchev–Trinajstić information content (AvgIpc) is 2.88. The fourth-order valence-electron chi connectivity index (χ4n) is 1.70. The van der Waals surface area contributed by atoms with Crippen LogP contribution in [-0.2, 0) is 6.54 Å². The van der Waals surface area contributed by atoms with Crippen molar-refractivity contribution in [3.05, 3.63) is 46.3 Å². The number of nitro benzene ring substituents is 1. The van der Waals surface area contributed by atoms with Crippen molar-refractivity contribution in [2.75, 3.05) is 6.54 Å². The van der Waals surface area contributed by atoms with Gasteiger partial charge in [-0.3, -0.25) is 10.1 Å². The number of aromatic nitrogens is 3. The van der Waals surface area contributed by atoms with Crippen molar-refractivity contribution in [3.63, 3.8) is 0 Å². The third-order valence-corrected chi connectivity index (χ3v) is 2.60. The zero-order valence-corrected chi connectivity index (χ0v) is 10.6. The van der Waals surface area contributed by atoms with Gasteiger partial charge in [-0.2, -0.15) is 0 Å². The smallest absolute Gasteiger partial charge is 0.294 e. The van der Waals surface area contributed by atoms with Crippen LogP contribution in [0.4, 0.5) is 5.69 Å². The Morgan fingerprint density at radius 2 is 2.21 bits per heavy atom. The Morgan fingerprint density at radius 1 is 1.42 bits per heavy atom. The summed E-state index contributed by atoms with van der Waals surface area (Å²) in [6.07, 6.45) is 2.74. The van der Waals surface area contributed by atoms with Gasteiger partial charge in [-0.25, -0.2) is 4.68 Å². The first kappa shape index (κ1) is 13.2. The predicted molar refractivity (Wildman–Crippen MR) is 70.0 cm³/mol. The van der Waals surface area contributed by atoms with Crippen molar-refractivity contribution in [2.45, 2.75) is 19.9 Å². The topological polar surface area (TPSA) is 85.9 Å². The van der Waals surface area contributed by atoms with Gasteiger partial charge in [0.2, 0.25) is 0 Å². The van der Waals surface area contributed by atoms with E-state index in [1.807, 2.05) is 0 Å². The van der Waals surface area contributed by atoms with Crippen molar-refractivity contribution in [1.29, 1.82) is 0 Å². The second kappa shape index (κ2) is 6.05. The summed E-state index contributed by atoms with van der Waals surface area (Å²) < 4.78 is 1.43. The second-order valence-corrected chi connectivity index (χ2v) is 4.08. The molecule has 7 heteroatoms. The Balaban J connectivity index is 2.21. The molecule has 0 aliphatic heterocycles. The number of benzene rings is 1. The average molecular weight is 261 g/mol. The summed E-state index contributed by atoms with van der Waals surface area (Å²) in [5.41, 5.74) is 1.19. The highest BCUT2D eigenvalue weighted by molar-refractivity contribution is 5.51. The summed E-state index contributed by atoms with van der Waals surface area (Å²) in [6.45, 7) is 3.59. The van der Waals surface area contributed by atoms with Crippen LogP contribution in [0, 0.1) is 10.1 Å². The molecule has 0 fully saturated rings. The van der Waals surface area contributed by atoms with E-state index in [-0.39, 0.29) is 5.69 Å². The molecule has 0 aliphatic rings. The van der Waals surface area contributed by atoms with Crippen LogP contribution in [0.1, 0.15) is 19.0 Å². The molecule has 2 rings (SSSR count). The van der Waals surface area contributed by atoms with Crippen LogP contribution in [-0.4, -0.2) is 26.5 Å². The first-order valence-corrected chi connectivity index (χ1v) is 6.08. The number of nitrogens with one attached hydrogen (secondary N) is 1. The van der Waals surface area contributed by atoms with Crippen LogP contribution in [0.25, 0.3) is 5.69 Å². The highest BCUT2D eigenvalue weighted by Crippen LogP contribution is 2.21. The minimum atomic E-state index is -0.425. The van der Waals surface area contributed by atoms with Crippen LogP contribution in [0.2, 0.25) is 0 Å². The molecule has 0 atom stereocenters. The molecule has 0 bridgehead atoms. The maximum Gasteiger partial charge on any atom is 0.294 e. The second-order valence-electron chi connectivity index (χ2n) is 4.08. The van der Waals surface area contributed by atoms with Crippen LogP contribution in [0.5, 0.6) is 0 Å². The number of nitrogens with zero attached hydrogens (tertiary/aromatic N) is 4. The first-order valence-electron chi connectivity index (χ1n) is 6.08. The minimum Gasteiger partial charge on any atom is -0.311 e. The number of rotatable bonds is 6. The van der Waals surface area contributed by atoms with E-state index in [1.165, 1.54) is 10.7 Å². The number of hydrogen-bond acceptors (Lipinski definition) is 5. The number of hydrogen-bond donors (Lipinski definition) is 1. The van der Waals surface area contributed by atoms with E-state index in [4.69, 9.17) is 0 Å². The molecule has 0 saturated carbocycles. The van der Waals surface area contributed by atoms with Crippen molar-refractivity contribution in [3.8, 4) is 5.69 Å². The predicted octanol–water partition coefficient (Wildman–Crippen LogP) is 1.68. The monoisotopic (exact) mass is 261 g/mol. The van der Waals surface area contributed by atoms with Gasteiger partial charge in [-0.05, 0) is 19.0 Å². The summed E-state index contributed by atoms with van der Waals surface area (Å²) in [5, 5.41) is 22.1. The molecule has 7 nitrogen and oxygen atoms in total. The summed E-state index contributed by atoms with van der Waals surface area (Å²) in [4.78, 5) is 10.5. The van der Waals surface area contributed by atoms with Gasteiger partial charge in [0.15, 0.2) is 0 Å². The van der Waals surface area contributed by atoms with Crippen LogP contribution < -0.4 is 5.32 Å². The van der Waals surface area contributed by atoms with Crippen LogP contribution in [0.15, 0.2) is 30.5 Å². The van der Waals surface area contributed by atoms with Gasteiger partial charge in [-0.1, -0.05) is 24.3 Å². The van der Waals surface area contributed by atoms with Gasteiger partial charge >= 0.3 is 0 Å². The molecule has 0 radical (unpaired) electrons. The highest BCUT2D eigenvalue weighted by atomic mass is 16.6. The van der Waals surface area contributed by atoms with E-state index in [0.717, 1.165) is 18.7 Å². The molecule has 1 heterocycles. The van der Waals surface area contributed by atoms with E-state index >= 15 is 0 Å². The Labute approximate surface area is 110 Å². The molecule has 0 amide bonds. The Kier molecular flexibility index (Phi) is 4.19. The van der Waals surface area contributed by atoms with Gasteiger partial charge < -0.3 is 5.32 Å². The van der Waals surface area contributed by atoms with Crippen LogP contribution >= 0.6 is 0 Å². The normalized spacial score (nSPS) is 10.6. The van der Waals surface area contributed by atoms with Crippen molar-refractivity contribution >= 4 is 5.69 Å². The molecule has 0 unspecified atom stereocenters. The maximum absolute atomic E-state index is 10.9. The molecule has 1 aromatic heterocycles. The van der Waals surface area contributed by atoms with Gasteiger partial charge in [0.1, 0.15) is 5.69 Å².